The Morgan fingerprint density at radius 2 is 1.76 bits per heavy atom. The molecule has 0 amide bonds. The van der Waals surface area contributed by atoms with E-state index in [4.69, 9.17) is 20.3 Å². The van der Waals surface area contributed by atoms with Gasteiger partial charge in [-0.25, -0.2) is 0 Å². The third kappa shape index (κ3) is 5.02. The number of hydrogen-bond acceptors (Lipinski definition) is 5. The van der Waals surface area contributed by atoms with Gasteiger partial charge in [-0.3, -0.25) is 15.6 Å². The Kier molecular flexibility index (Phi) is 6.65. The monoisotopic (exact) mass is 393 g/mol. The summed E-state index contributed by atoms with van der Waals surface area (Å²) in [5.41, 5.74) is 3.58. The molecule has 0 aromatic heterocycles. The van der Waals surface area contributed by atoms with Crippen molar-refractivity contribution in [2.75, 3.05) is 14.2 Å². The van der Waals surface area contributed by atoms with Gasteiger partial charge < -0.3 is 14.4 Å². The van der Waals surface area contributed by atoms with E-state index < -0.39 is 11.9 Å². The number of carbonyl (C=O) groups excluding carboxylic acids is 1. The molecule has 0 aliphatic heterocycles. The summed E-state index contributed by atoms with van der Waals surface area (Å²) < 4.78 is 10.8. The van der Waals surface area contributed by atoms with E-state index in [1.807, 2.05) is 30.3 Å². The quantitative estimate of drug-likeness (QED) is 0.411. The summed E-state index contributed by atoms with van der Waals surface area (Å²) >= 11 is 0. The number of amidine groups is 1. The summed E-state index contributed by atoms with van der Waals surface area (Å²) in [5, 5.41) is 15.7. The highest BCUT2D eigenvalue weighted by molar-refractivity contribution is 5.96. The molecule has 0 heterocycles. The van der Waals surface area contributed by atoms with E-state index in [0.717, 1.165) is 30.5 Å². The van der Waals surface area contributed by atoms with Gasteiger partial charge in [0.15, 0.2) is 0 Å². The molecule has 0 radical (unpaired) electrons. The van der Waals surface area contributed by atoms with Crippen LogP contribution in [0.2, 0.25) is 0 Å². The molecular formula is C23H27N3O3. The topological polar surface area (TPSA) is 86.5 Å². The molecule has 2 N–H and O–H groups in total. The molecule has 0 saturated carbocycles. The molecular weight excluding hydrogens is 366 g/mol. The highest BCUT2D eigenvalue weighted by atomic mass is 16.5. The largest absolute Gasteiger partial charge is 0.469 e. The molecule has 1 unspecified atom stereocenters. The second kappa shape index (κ2) is 9.37. The Morgan fingerprint density at radius 1 is 1.10 bits per heavy atom. The molecule has 2 aromatic carbocycles. The van der Waals surface area contributed by atoms with Crippen molar-refractivity contribution in [3.05, 3.63) is 59.2 Å². The van der Waals surface area contributed by atoms with Crippen LogP contribution in [0.5, 0.6) is 11.5 Å². The molecule has 0 saturated heterocycles. The van der Waals surface area contributed by atoms with Crippen LogP contribution in [0.25, 0.3) is 0 Å². The van der Waals surface area contributed by atoms with Gasteiger partial charge in [0.1, 0.15) is 17.3 Å². The predicted molar refractivity (Wildman–Crippen MR) is 113 cm³/mol. The van der Waals surface area contributed by atoms with Gasteiger partial charge >= 0.3 is 5.97 Å². The Balaban J connectivity index is 1.77. The van der Waals surface area contributed by atoms with Gasteiger partial charge in [0.2, 0.25) is 0 Å². The first-order valence-corrected chi connectivity index (χ1v) is 9.80. The van der Waals surface area contributed by atoms with Gasteiger partial charge in [0.05, 0.1) is 25.8 Å². The number of fused-ring (bicyclic) bond motifs is 1. The van der Waals surface area contributed by atoms with Gasteiger partial charge in [0.25, 0.3) is 0 Å². The van der Waals surface area contributed by atoms with Crippen LogP contribution in [0, 0.1) is 10.8 Å². The van der Waals surface area contributed by atoms with Crippen molar-refractivity contribution in [1.82, 2.24) is 4.90 Å². The zero-order valence-electron chi connectivity index (χ0n) is 16.9. The highest BCUT2D eigenvalue weighted by Crippen LogP contribution is 2.30. The first-order valence-electron chi connectivity index (χ1n) is 9.80. The fourth-order valence-corrected chi connectivity index (χ4v) is 3.62. The van der Waals surface area contributed by atoms with Crippen LogP contribution in [-0.2, 0) is 22.4 Å². The maximum absolute atomic E-state index is 11.8. The molecule has 2 aromatic rings. The van der Waals surface area contributed by atoms with Crippen LogP contribution in [0.3, 0.4) is 0 Å². The minimum absolute atomic E-state index is 0.0402. The average Bonchev–Trinajstić information content (AvgIpc) is 2.76. The third-order valence-electron chi connectivity index (χ3n) is 5.34. The Labute approximate surface area is 171 Å². The van der Waals surface area contributed by atoms with E-state index in [1.165, 1.54) is 36.0 Å². The summed E-state index contributed by atoms with van der Waals surface area (Å²) in [5.74, 6) is 0.794. The summed E-state index contributed by atoms with van der Waals surface area (Å²) in [7, 11) is 2.95. The zero-order valence-corrected chi connectivity index (χ0v) is 16.9. The number of ether oxygens (including phenoxy) is 2. The second-order valence-corrected chi connectivity index (χ2v) is 7.27. The van der Waals surface area contributed by atoms with E-state index in [2.05, 4.69) is 12.1 Å². The van der Waals surface area contributed by atoms with Crippen molar-refractivity contribution in [2.24, 2.45) is 0 Å². The average molecular weight is 393 g/mol. The Hall–Kier alpha value is -3.15. The second-order valence-electron chi connectivity index (χ2n) is 7.27. The molecule has 6 heteroatoms. The van der Waals surface area contributed by atoms with Crippen molar-refractivity contribution in [3.8, 4) is 11.5 Å². The molecule has 29 heavy (non-hydrogen) atoms. The molecule has 1 atom stereocenters. The number of nitrogens with zero attached hydrogens (tertiary/aromatic N) is 1. The molecule has 1 aliphatic rings. The summed E-state index contributed by atoms with van der Waals surface area (Å²) in [4.78, 5) is 13.2. The lowest BCUT2D eigenvalue weighted by atomic mass is 9.92. The van der Waals surface area contributed by atoms with Crippen LogP contribution < -0.4 is 4.74 Å². The smallest absolute Gasteiger partial charge is 0.306 e. The van der Waals surface area contributed by atoms with Crippen molar-refractivity contribution in [2.45, 2.75) is 38.0 Å². The number of nitrogens with one attached hydrogen (secondary N) is 2. The van der Waals surface area contributed by atoms with Crippen molar-refractivity contribution < 1.29 is 14.3 Å². The number of benzene rings is 2. The molecule has 152 valence electrons. The Bertz CT molecular complexity index is 893. The molecule has 6 nitrogen and oxygen atoms in total. The molecule has 0 fully saturated rings. The van der Waals surface area contributed by atoms with Crippen molar-refractivity contribution >= 4 is 18.1 Å². The summed E-state index contributed by atoms with van der Waals surface area (Å²) in [6.45, 7) is 0. The fraction of sp³-hybridized carbons (Fsp3) is 0.348. The Morgan fingerprint density at radius 3 is 2.41 bits per heavy atom. The van der Waals surface area contributed by atoms with Crippen molar-refractivity contribution in [1.29, 1.82) is 10.8 Å². The number of rotatable bonds is 7. The number of methoxy groups -OCH3 is 1. The lowest BCUT2D eigenvalue weighted by Gasteiger charge is -2.23. The van der Waals surface area contributed by atoms with Crippen LogP contribution in [0.15, 0.2) is 42.5 Å². The fourth-order valence-electron chi connectivity index (χ4n) is 3.62. The lowest BCUT2D eigenvalue weighted by molar-refractivity contribution is -0.140. The maximum Gasteiger partial charge on any atom is 0.306 e. The van der Waals surface area contributed by atoms with Gasteiger partial charge in [-0.1, -0.05) is 18.2 Å². The summed E-state index contributed by atoms with van der Waals surface area (Å²) in [6, 6.07) is 13.7. The maximum atomic E-state index is 11.8. The number of aryl methyl sites for hydroxylation is 2. The SMILES string of the molecule is COC(=O)CC(C(=N)N(C)C=N)c1ccc(Oc2ccc3c(c2)CCCC3)cc1. The van der Waals surface area contributed by atoms with Crippen LogP contribution in [0.1, 0.15) is 41.9 Å². The van der Waals surface area contributed by atoms with Gasteiger partial charge in [0, 0.05) is 7.05 Å². The molecule has 0 spiro atoms. The van der Waals surface area contributed by atoms with Crippen LogP contribution >= 0.6 is 0 Å². The number of esters is 1. The minimum Gasteiger partial charge on any atom is -0.469 e. The third-order valence-corrected chi connectivity index (χ3v) is 5.34. The van der Waals surface area contributed by atoms with E-state index in [9.17, 15) is 4.79 Å². The van der Waals surface area contributed by atoms with Crippen molar-refractivity contribution in [3.63, 3.8) is 0 Å². The number of carbonyl (C=O) groups is 1. The van der Waals surface area contributed by atoms with Gasteiger partial charge in [-0.15, -0.1) is 0 Å². The van der Waals surface area contributed by atoms with E-state index in [1.54, 1.807) is 7.05 Å². The molecule has 3 rings (SSSR count). The van der Waals surface area contributed by atoms with E-state index in [-0.39, 0.29) is 12.3 Å². The predicted octanol–water partition coefficient (Wildman–Crippen LogP) is 4.52. The molecule has 0 bridgehead atoms. The normalized spacial score (nSPS) is 13.7. The first-order chi connectivity index (χ1) is 14.0. The lowest BCUT2D eigenvalue weighted by Crippen LogP contribution is -2.31. The van der Waals surface area contributed by atoms with Crippen LogP contribution in [0.4, 0.5) is 0 Å². The highest BCUT2D eigenvalue weighted by Gasteiger charge is 2.23. The molecule has 1 aliphatic carbocycles. The van der Waals surface area contributed by atoms with E-state index >= 15 is 0 Å². The van der Waals surface area contributed by atoms with Gasteiger partial charge in [-0.05, 0) is 66.6 Å². The summed E-state index contributed by atoms with van der Waals surface area (Å²) in [6.07, 6.45) is 5.82. The number of hydrogen-bond donors (Lipinski definition) is 2. The zero-order chi connectivity index (χ0) is 20.8. The standard InChI is InChI=1S/C23H27N3O3/c1-26(15-24)23(25)21(14-22(27)28-2)17-8-10-19(11-9-17)29-20-12-7-16-5-3-4-6-18(16)13-20/h7-13,15,21,24-25H,3-6,14H2,1-2H3. The number of likely N-dealkylation sites (N-methyl/N-ethyl adjacent to an activating group) is 1. The van der Waals surface area contributed by atoms with E-state index in [0.29, 0.717) is 5.75 Å². The minimum atomic E-state index is -0.494. The van der Waals surface area contributed by atoms with Gasteiger partial charge in [-0.2, -0.15) is 0 Å². The van der Waals surface area contributed by atoms with Crippen LogP contribution in [-0.4, -0.2) is 37.2 Å². The first kappa shape index (κ1) is 20.6.